The summed E-state index contributed by atoms with van der Waals surface area (Å²) in [7, 11) is 0. The van der Waals surface area contributed by atoms with Crippen LogP contribution >= 0.6 is 0 Å². The van der Waals surface area contributed by atoms with Crippen molar-refractivity contribution < 1.29 is 9.90 Å². The lowest BCUT2D eigenvalue weighted by molar-refractivity contribution is -0.137. The van der Waals surface area contributed by atoms with Crippen LogP contribution in [0.5, 0.6) is 0 Å². The molecule has 0 radical (unpaired) electrons. The van der Waals surface area contributed by atoms with E-state index in [1.165, 1.54) is 27.8 Å². The first kappa shape index (κ1) is 18.7. The second-order valence-corrected chi connectivity index (χ2v) is 7.68. The summed E-state index contributed by atoms with van der Waals surface area (Å²) in [6, 6.07) is 17.4. The van der Waals surface area contributed by atoms with Gasteiger partial charge >= 0.3 is 5.97 Å². The Morgan fingerprint density at radius 2 is 1.43 bits per heavy atom. The van der Waals surface area contributed by atoms with E-state index in [4.69, 9.17) is 5.11 Å². The van der Waals surface area contributed by atoms with Crippen molar-refractivity contribution in [1.29, 1.82) is 0 Å². The third-order valence-corrected chi connectivity index (χ3v) is 5.83. The molecule has 2 aromatic carbocycles. The highest BCUT2D eigenvalue weighted by atomic mass is 16.4. The lowest BCUT2D eigenvalue weighted by Crippen LogP contribution is -2.32. The van der Waals surface area contributed by atoms with E-state index in [0.29, 0.717) is 0 Å². The zero-order valence-electron chi connectivity index (χ0n) is 16.2. The third-order valence-electron chi connectivity index (χ3n) is 5.83. The normalized spacial score (nSPS) is 16.4. The van der Waals surface area contributed by atoms with Crippen molar-refractivity contribution in [2.45, 2.75) is 32.1 Å². The predicted octanol–water partition coefficient (Wildman–Crippen LogP) is 5.32. The summed E-state index contributed by atoms with van der Waals surface area (Å²) in [5, 5.41) is 8.79. The van der Waals surface area contributed by atoms with Crippen LogP contribution in [0.25, 0.3) is 17.7 Å². The van der Waals surface area contributed by atoms with Crippen molar-refractivity contribution in [2.24, 2.45) is 0 Å². The summed E-state index contributed by atoms with van der Waals surface area (Å²) in [6.07, 6.45) is 8.65. The third kappa shape index (κ3) is 4.10. The number of hydrogen-bond acceptors (Lipinski definition) is 2. The van der Waals surface area contributed by atoms with E-state index in [0.717, 1.165) is 45.3 Å². The average molecular weight is 373 g/mol. The zero-order valence-corrected chi connectivity index (χ0v) is 16.2. The van der Waals surface area contributed by atoms with Crippen LogP contribution < -0.4 is 0 Å². The van der Waals surface area contributed by atoms with E-state index in [2.05, 4.69) is 65.6 Å². The second kappa shape index (κ2) is 8.57. The highest BCUT2D eigenvalue weighted by Crippen LogP contribution is 2.38. The van der Waals surface area contributed by atoms with Gasteiger partial charge < -0.3 is 10.0 Å². The van der Waals surface area contributed by atoms with E-state index in [1.54, 1.807) is 5.57 Å². The molecular weight excluding hydrogens is 346 g/mol. The zero-order chi connectivity index (χ0) is 19.3. The quantitative estimate of drug-likeness (QED) is 0.615. The van der Waals surface area contributed by atoms with Gasteiger partial charge in [0, 0.05) is 19.5 Å². The number of piperidine rings is 1. The summed E-state index contributed by atoms with van der Waals surface area (Å²) in [6.45, 7) is 3.12. The summed E-state index contributed by atoms with van der Waals surface area (Å²) >= 11 is 0. The molecule has 1 heterocycles. The molecule has 144 valence electrons. The van der Waals surface area contributed by atoms with Crippen LogP contribution in [0.3, 0.4) is 0 Å². The van der Waals surface area contributed by atoms with Gasteiger partial charge in [-0.15, -0.1) is 0 Å². The van der Waals surface area contributed by atoms with Crippen molar-refractivity contribution in [2.75, 3.05) is 19.6 Å². The lowest BCUT2D eigenvalue weighted by Gasteiger charge is -2.30. The van der Waals surface area contributed by atoms with Gasteiger partial charge in [-0.05, 0) is 60.1 Å². The van der Waals surface area contributed by atoms with E-state index in [-0.39, 0.29) is 6.42 Å². The molecule has 0 unspecified atom stereocenters. The number of carboxylic acid groups (broad SMARTS) is 1. The molecule has 2 aliphatic rings. The lowest BCUT2D eigenvalue weighted by atomic mass is 9.86. The van der Waals surface area contributed by atoms with Gasteiger partial charge in [-0.2, -0.15) is 0 Å². The van der Waals surface area contributed by atoms with Gasteiger partial charge in [0.1, 0.15) is 0 Å². The minimum atomic E-state index is -0.690. The minimum absolute atomic E-state index is 0.281. The maximum absolute atomic E-state index is 10.7. The van der Waals surface area contributed by atoms with Crippen LogP contribution in [-0.2, 0) is 4.79 Å². The molecule has 0 bridgehead atoms. The summed E-state index contributed by atoms with van der Waals surface area (Å²) in [5.41, 5.74) is 8.23. The van der Waals surface area contributed by atoms with Crippen molar-refractivity contribution >= 4 is 23.7 Å². The Kier molecular flexibility index (Phi) is 5.73. The Morgan fingerprint density at radius 3 is 2.00 bits per heavy atom. The number of hydrogen-bond donors (Lipinski definition) is 1. The van der Waals surface area contributed by atoms with Crippen LogP contribution in [0.1, 0.15) is 54.4 Å². The van der Waals surface area contributed by atoms with Gasteiger partial charge in [-0.1, -0.05) is 66.3 Å². The molecule has 3 nitrogen and oxygen atoms in total. The number of carbonyl (C=O) groups is 1. The Hall–Kier alpha value is -2.65. The maximum Gasteiger partial charge on any atom is 0.303 e. The predicted molar refractivity (Wildman–Crippen MR) is 115 cm³/mol. The molecule has 1 N–H and O–H groups in total. The van der Waals surface area contributed by atoms with Crippen molar-refractivity contribution in [3.8, 4) is 0 Å². The van der Waals surface area contributed by atoms with Crippen molar-refractivity contribution in [3.05, 3.63) is 76.4 Å². The monoisotopic (exact) mass is 373 g/mol. The molecule has 0 atom stereocenters. The molecule has 0 aromatic heterocycles. The van der Waals surface area contributed by atoms with Gasteiger partial charge in [0.05, 0.1) is 0 Å². The van der Waals surface area contributed by atoms with Gasteiger partial charge in [0.2, 0.25) is 0 Å². The molecule has 0 amide bonds. The second-order valence-electron chi connectivity index (χ2n) is 7.68. The molecule has 1 aliphatic heterocycles. The fourth-order valence-corrected chi connectivity index (χ4v) is 4.35. The number of likely N-dealkylation sites (tertiary alicyclic amines) is 1. The smallest absolute Gasteiger partial charge is 0.303 e. The number of rotatable bonds is 5. The largest absolute Gasteiger partial charge is 0.481 e. The van der Waals surface area contributed by atoms with Gasteiger partial charge in [0.25, 0.3) is 0 Å². The molecule has 2 aromatic rings. The Morgan fingerprint density at radius 1 is 0.857 bits per heavy atom. The Balaban J connectivity index is 1.56. The fraction of sp³-hybridized carbons (Fsp3) is 0.320. The first-order valence-corrected chi connectivity index (χ1v) is 10.3. The Bertz CT molecular complexity index is 864. The molecular formula is C25H27NO2. The average Bonchev–Trinajstić information content (AvgIpc) is 2.89. The highest BCUT2D eigenvalue weighted by molar-refractivity contribution is 5.94. The number of nitrogens with zero attached hydrogens (tertiary/aromatic N) is 1. The van der Waals surface area contributed by atoms with E-state index in [9.17, 15) is 4.79 Å². The van der Waals surface area contributed by atoms with Gasteiger partial charge in [-0.3, -0.25) is 4.79 Å². The summed E-state index contributed by atoms with van der Waals surface area (Å²) in [5.74, 6) is -0.690. The van der Waals surface area contributed by atoms with Crippen LogP contribution in [0.15, 0.2) is 54.1 Å². The van der Waals surface area contributed by atoms with E-state index >= 15 is 0 Å². The molecule has 0 spiro atoms. The molecule has 1 saturated heterocycles. The number of carboxylic acids is 1. The molecule has 1 fully saturated rings. The maximum atomic E-state index is 10.7. The number of aliphatic carboxylic acids is 1. The molecule has 3 heteroatoms. The number of unbranched alkanes of at least 4 members (excludes halogenated alkanes) is 1. The van der Waals surface area contributed by atoms with Crippen LogP contribution in [-0.4, -0.2) is 35.6 Å². The fourth-order valence-electron chi connectivity index (χ4n) is 4.35. The number of benzene rings is 2. The SMILES string of the molecule is O=C(O)CCCCN1CCC(=C2c3ccccc3C=Cc3ccccc32)CC1. The van der Waals surface area contributed by atoms with Gasteiger partial charge in [0.15, 0.2) is 0 Å². The molecule has 1 aliphatic carbocycles. The summed E-state index contributed by atoms with van der Waals surface area (Å²) in [4.78, 5) is 13.2. The first-order valence-electron chi connectivity index (χ1n) is 10.3. The van der Waals surface area contributed by atoms with Crippen LogP contribution in [0.2, 0.25) is 0 Å². The topological polar surface area (TPSA) is 40.5 Å². The minimum Gasteiger partial charge on any atom is -0.481 e. The van der Waals surface area contributed by atoms with E-state index < -0.39 is 5.97 Å². The van der Waals surface area contributed by atoms with Crippen molar-refractivity contribution in [1.82, 2.24) is 4.90 Å². The molecule has 4 rings (SSSR count). The first-order chi connectivity index (χ1) is 13.7. The van der Waals surface area contributed by atoms with Gasteiger partial charge in [-0.25, -0.2) is 0 Å². The molecule has 0 saturated carbocycles. The summed E-state index contributed by atoms with van der Waals surface area (Å²) < 4.78 is 0. The Labute approximate surface area is 167 Å². The van der Waals surface area contributed by atoms with E-state index in [1.807, 2.05) is 0 Å². The van der Waals surface area contributed by atoms with Crippen LogP contribution in [0.4, 0.5) is 0 Å². The molecule has 28 heavy (non-hydrogen) atoms. The van der Waals surface area contributed by atoms with Crippen LogP contribution in [0, 0.1) is 0 Å². The highest BCUT2D eigenvalue weighted by Gasteiger charge is 2.22. The standard InChI is InChI=1S/C25H27NO2/c27-24(28)11-5-6-16-26-17-14-21(15-18-26)25-22-9-3-1-7-19(22)12-13-20-8-2-4-10-23(20)25/h1-4,7-10,12-13H,5-6,11,14-18H2,(H,27,28). The number of fused-ring (bicyclic) bond motifs is 2. The van der Waals surface area contributed by atoms with Crippen molar-refractivity contribution in [3.63, 3.8) is 0 Å².